The number of ketones is 1. The number of methoxy groups -OCH3 is 1. The summed E-state index contributed by atoms with van der Waals surface area (Å²) in [7, 11) is 1.24. The Kier molecular flexibility index (Phi) is 8.43. The summed E-state index contributed by atoms with van der Waals surface area (Å²) >= 11 is 0.899. The molecule has 0 spiro atoms. The van der Waals surface area contributed by atoms with Gasteiger partial charge in [0.15, 0.2) is 16.6 Å². The van der Waals surface area contributed by atoms with Crippen LogP contribution in [0.4, 0.5) is 5.13 Å². The molecule has 4 rings (SSSR count). The van der Waals surface area contributed by atoms with Crippen molar-refractivity contribution in [3.63, 3.8) is 0 Å². The molecule has 3 aromatic rings. The third kappa shape index (κ3) is 5.24. The van der Waals surface area contributed by atoms with E-state index in [1.807, 2.05) is 6.92 Å². The molecule has 1 aliphatic heterocycles. The number of rotatable bonds is 9. The second-order valence-corrected chi connectivity index (χ2v) is 10.0. The molecule has 2 heterocycles. The Hall–Kier alpha value is -4.38. The zero-order chi connectivity index (χ0) is 29.1. The van der Waals surface area contributed by atoms with Crippen LogP contribution in [0.15, 0.2) is 42.0 Å². The maximum absolute atomic E-state index is 13.5. The summed E-state index contributed by atoms with van der Waals surface area (Å²) < 4.78 is 16.1. The molecule has 1 aromatic heterocycles. The summed E-state index contributed by atoms with van der Waals surface area (Å²) in [5, 5.41) is 21.9. The van der Waals surface area contributed by atoms with E-state index in [1.54, 1.807) is 39.0 Å². The Morgan fingerprint density at radius 3 is 2.50 bits per heavy atom. The number of esters is 1. The molecule has 2 N–H and O–H groups in total. The van der Waals surface area contributed by atoms with Crippen LogP contribution in [0.5, 0.6) is 17.2 Å². The number of phenolic OH excluding ortho intramolecular Hbond substituents is 1. The highest BCUT2D eigenvalue weighted by Gasteiger charge is 2.48. The second-order valence-electron chi connectivity index (χ2n) is 9.06. The van der Waals surface area contributed by atoms with Gasteiger partial charge in [0, 0.05) is 5.56 Å². The molecule has 1 amide bonds. The predicted molar refractivity (Wildman–Crippen MR) is 149 cm³/mol. The molecule has 0 radical (unpaired) electrons. The first kappa shape index (κ1) is 28.6. The number of Topliss-reactive ketones (excluding diaryl/α,β-unsaturated/α-hetero) is 1. The highest BCUT2D eigenvalue weighted by Crippen LogP contribution is 2.45. The van der Waals surface area contributed by atoms with E-state index in [-0.39, 0.29) is 39.4 Å². The fraction of sp³-hybridized carbons (Fsp3) is 0.310. The molecule has 1 fully saturated rings. The number of anilines is 1. The number of aryl methyl sites for hydroxylation is 2. The maximum Gasteiger partial charge on any atom is 0.350 e. The van der Waals surface area contributed by atoms with Gasteiger partial charge in [-0.1, -0.05) is 24.3 Å². The number of carbonyl (C=O) groups excluding carboxylic acids is 3. The van der Waals surface area contributed by atoms with Crippen LogP contribution < -0.4 is 14.4 Å². The van der Waals surface area contributed by atoms with E-state index in [0.29, 0.717) is 34.7 Å². The first-order valence-electron chi connectivity index (χ1n) is 12.7. The monoisotopic (exact) mass is 566 g/mol. The van der Waals surface area contributed by atoms with Crippen LogP contribution in [0, 0.1) is 13.8 Å². The van der Waals surface area contributed by atoms with E-state index in [2.05, 4.69) is 4.98 Å². The fourth-order valence-electron chi connectivity index (χ4n) is 4.44. The van der Waals surface area contributed by atoms with Gasteiger partial charge in [-0.15, -0.1) is 0 Å². The van der Waals surface area contributed by atoms with Crippen molar-refractivity contribution in [2.24, 2.45) is 0 Å². The minimum atomic E-state index is -1.13. The Morgan fingerprint density at radius 1 is 1.10 bits per heavy atom. The van der Waals surface area contributed by atoms with Crippen LogP contribution in [0.25, 0.3) is 5.76 Å². The summed E-state index contributed by atoms with van der Waals surface area (Å²) in [5.41, 5.74) is 1.52. The molecular weight excluding hydrogens is 536 g/mol. The van der Waals surface area contributed by atoms with Gasteiger partial charge in [-0.2, -0.15) is 0 Å². The summed E-state index contributed by atoms with van der Waals surface area (Å²) in [6.45, 7) is 7.89. The van der Waals surface area contributed by atoms with Gasteiger partial charge in [0.2, 0.25) is 0 Å². The highest BCUT2D eigenvalue weighted by molar-refractivity contribution is 7.17. The second kappa shape index (κ2) is 11.8. The molecule has 210 valence electrons. The normalized spacial score (nSPS) is 16.3. The number of thiazole rings is 1. The first-order chi connectivity index (χ1) is 19.1. The Morgan fingerprint density at radius 2 is 1.85 bits per heavy atom. The SMILES string of the molecule is CCCOc1ccc(C(O)=C2C(=O)C(=O)N(c3nc(C)c(C(=O)OC)s3)[C@H]2c2ccc(O)c(OCC)c2)c(C)c1. The van der Waals surface area contributed by atoms with Crippen molar-refractivity contribution >= 4 is 39.9 Å². The number of carbonyl (C=O) groups is 3. The predicted octanol–water partition coefficient (Wildman–Crippen LogP) is 5.07. The van der Waals surface area contributed by atoms with Gasteiger partial charge in [0.25, 0.3) is 5.78 Å². The lowest BCUT2D eigenvalue weighted by Crippen LogP contribution is -2.29. The van der Waals surface area contributed by atoms with Crippen LogP contribution in [0.2, 0.25) is 0 Å². The lowest BCUT2D eigenvalue weighted by Gasteiger charge is -2.24. The summed E-state index contributed by atoms with van der Waals surface area (Å²) in [4.78, 5) is 45.0. The first-order valence-corrected chi connectivity index (χ1v) is 13.5. The molecule has 1 saturated heterocycles. The molecule has 10 nitrogen and oxygen atoms in total. The number of aromatic nitrogens is 1. The van der Waals surface area contributed by atoms with Crippen molar-refractivity contribution < 1.29 is 38.8 Å². The number of aliphatic hydroxyl groups excluding tert-OH is 1. The number of amides is 1. The number of ether oxygens (including phenoxy) is 3. The van der Waals surface area contributed by atoms with Gasteiger partial charge in [-0.05, 0) is 68.7 Å². The molecule has 1 aliphatic rings. The van der Waals surface area contributed by atoms with E-state index in [9.17, 15) is 24.6 Å². The van der Waals surface area contributed by atoms with Gasteiger partial charge in [-0.25, -0.2) is 9.78 Å². The average Bonchev–Trinajstić information content (AvgIpc) is 3.44. The summed E-state index contributed by atoms with van der Waals surface area (Å²) in [6, 6.07) is 8.35. The zero-order valence-corrected chi connectivity index (χ0v) is 23.6. The lowest BCUT2D eigenvalue weighted by atomic mass is 9.93. The third-order valence-corrected chi connectivity index (χ3v) is 7.47. The molecule has 11 heteroatoms. The molecule has 0 saturated carbocycles. The van der Waals surface area contributed by atoms with Crippen LogP contribution in [-0.2, 0) is 14.3 Å². The molecule has 0 aliphatic carbocycles. The van der Waals surface area contributed by atoms with Crippen LogP contribution >= 0.6 is 11.3 Å². The Balaban J connectivity index is 1.93. The molecular formula is C29H30N2O8S. The number of hydrogen-bond donors (Lipinski definition) is 2. The van der Waals surface area contributed by atoms with Crippen LogP contribution in [0.3, 0.4) is 0 Å². The van der Waals surface area contributed by atoms with Crippen LogP contribution in [-0.4, -0.2) is 53.2 Å². The minimum Gasteiger partial charge on any atom is -0.507 e. The van der Waals surface area contributed by atoms with E-state index in [1.165, 1.54) is 25.3 Å². The highest BCUT2D eigenvalue weighted by atomic mass is 32.1. The average molecular weight is 567 g/mol. The van der Waals surface area contributed by atoms with Crippen molar-refractivity contribution in [3.05, 3.63) is 69.2 Å². The maximum atomic E-state index is 13.5. The lowest BCUT2D eigenvalue weighted by molar-refractivity contribution is -0.132. The third-order valence-electron chi connectivity index (χ3n) is 6.33. The molecule has 0 bridgehead atoms. The van der Waals surface area contributed by atoms with E-state index >= 15 is 0 Å². The van der Waals surface area contributed by atoms with Gasteiger partial charge in [0.05, 0.1) is 37.6 Å². The van der Waals surface area contributed by atoms with Crippen molar-refractivity contribution in [3.8, 4) is 17.2 Å². The minimum absolute atomic E-state index is 0.0788. The van der Waals surface area contributed by atoms with Gasteiger partial charge >= 0.3 is 11.9 Å². The largest absolute Gasteiger partial charge is 0.507 e. The molecule has 0 unspecified atom stereocenters. The summed E-state index contributed by atoms with van der Waals surface area (Å²) in [6.07, 6.45) is 0.828. The van der Waals surface area contributed by atoms with Crippen molar-refractivity contribution in [1.29, 1.82) is 0 Å². The Labute approximate surface area is 235 Å². The number of aliphatic hydroxyl groups is 1. The summed E-state index contributed by atoms with van der Waals surface area (Å²) in [5.74, 6) is -2.23. The zero-order valence-electron chi connectivity index (χ0n) is 22.8. The number of nitrogens with zero attached hydrogens (tertiary/aromatic N) is 2. The molecule has 1 atom stereocenters. The van der Waals surface area contributed by atoms with Gasteiger partial charge in [-0.3, -0.25) is 14.5 Å². The van der Waals surface area contributed by atoms with Crippen molar-refractivity contribution in [1.82, 2.24) is 4.98 Å². The standard InChI is InChI=1S/C29H30N2O8S/c1-6-12-39-18-9-10-19(15(3)13-18)24(33)22-23(17-8-11-20(32)21(14-17)38-7-2)31(27(35)25(22)34)29-30-16(4)26(40-29)28(36)37-5/h8-11,13-14,23,32-33H,6-7,12H2,1-5H3/t23-/m0/s1. The Bertz CT molecular complexity index is 1510. The van der Waals surface area contributed by atoms with E-state index < -0.39 is 23.7 Å². The molecule has 2 aromatic carbocycles. The van der Waals surface area contributed by atoms with E-state index in [0.717, 1.165) is 22.7 Å². The fourth-order valence-corrected chi connectivity index (χ4v) is 5.45. The smallest absolute Gasteiger partial charge is 0.350 e. The quantitative estimate of drug-likeness (QED) is 0.158. The van der Waals surface area contributed by atoms with Crippen LogP contribution in [0.1, 0.15) is 58.4 Å². The molecule has 40 heavy (non-hydrogen) atoms. The number of hydrogen-bond acceptors (Lipinski definition) is 10. The number of aromatic hydroxyl groups is 1. The van der Waals surface area contributed by atoms with Crippen molar-refractivity contribution in [2.45, 2.75) is 40.2 Å². The number of benzene rings is 2. The van der Waals surface area contributed by atoms with E-state index in [4.69, 9.17) is 14.2 Å². The van der Waals surface area contributed by atoms with Gasteiger partial charge < -0.3 is 24.4 Å². The van der Waals surface area contributed by atoms with Crippen molar-refractivity contribution in [2.75, 3.05) is 25.2 Å². The number of phenols is 1. The van der Waals surface area contributed by atoms with Gasteiger partial charge in [0.1, 0.15) is 16.4 Å². The topological polar surface area (TPSA) is 135 Å².